The number of nitrogens with one attached hydrogen (secondary N) is 1. The van der Waals surface area contributed by atoms with E-state index >= 15 is 0 Å². The van der Waals surface area contributed by atoms with Crippen molar-refractivity contribution in [2.45, 2.75) is 6.42 Å². The first-order chi connectivity index (χ1) is 15.0. The number of anilines is 1. The van der Waals surface area contributed by atoms with Crippen LogP contribution in [0.2, 0.25) is 5.02 Å². The van der Waals surface area contributed by atoms with Crippen molar-refractivity contribution in [1.82, 2.24) is 20.1 Å². The molecule has 0 bridgehead atoms. The summed E-state index contributed by atoms with van der Waals surface area (Å²) in [4.78, 5) is 37.5. The fraction of sp³-hybridized carbons (Fsp3) is 0.273. The Balaban J connectivity index is 1.36. The molecule has 2 amide bonds. The van der Waals surface area contributed by atoms with E-state index in [0.29, 0.717) is 61.5 Å². The molecule has 2 aliphatic heterocycles. The number of nitrogens with two attached hydrogens (primary N) is 1. The summed E-state index contributed by atoms with van der Waals surface area (Å²) in [5.41, 5.74) is 8.03. The number of nitrogens with zero attached hydrogens (tertiary/aromatic N) is 4. The average Bonchev–Trinajstić information content (AvgIpc) is 3.05. The quantitative estimate of drug-likeness (QED) is 0.763. The Bertz CT molecular complexity index is 1060. The summed E-state index contributed by atoms with van der Waals surface area (Å²) in [6, 6.07) is 12.6. The number of pyridine rings is 1. The summed E-state index contributed by atoms with van der Waals surface area (Å²) in [6.45, 7) is 2.22. The molecule has 160 valence electrons. The van der Waals surface area contributed by atoms with Crippen molar-refractivity contribution >= 4 is 40.6 Å². The maximum absolute atomic E-state index is 12.9. The summed E-state index contributed by atoms with van der Waals surface area (Å²) in [6.07, 6.45) is 2.53. The Morgan fingerprint density at radius 1 is 1.00 bits per heavy atom. The highest BCUT2D eigenvalue weighted by molar-refractivity contribution is 6.38. The lowest BCUT2D eigenvalue weighted by Crippen LogP contribution is -2.53. The lowest BCUT2D eigenvalue weighted by molar-refractivity contribution is -0.125. The number of carbonyl (C=O) groups excluding carboxylic acids is 2. The van der Waals surface area contributed by atoms with E-state index in [9.17, 15) is 9.59 Å². The van der Waals surface area contributed by atoms with Gasteiger partial charge in [-0.3, -0.25) is 14.6 Å². The number of hydrogen-bond acceptors (Lipinski definition) is 6. The number of rotatable bonds is 3. The molecule has 1 fully saturated rings. The van der Waals surface area contributed by atoms with Gasteiger partial charge in [0.1, 0.15) is 11.5 Å². The van der Waals surface area contributed by atoms with Crippen LogP contribution in [0.5, 0.6) is 0 Å². The Hall–Kier alpha value is -3.39. The predicted octanol–water partition coefficient (Wildman–Crippen LogP) is 2.03. The van der Waals surface area contributed by atoms with E-state index in [1.54, 1.807) is 28.0 Å². The van der Waals surface area contributed by atoms with Gasteiger partial charge >= 0.3 is 0 Å². The van der Waals surface area contributed by atoms with Crippen LogP contribution in [0, 0.1) is 0 Å². The molecule has 1 aromatic heterocycles. The number of halogens is 1. The zero-order chi connectivity index (χ0) is 21.8. The van der Waals surface area contributed by atoms with E-state index in [4.69, 9.17) is 17.3 Å². The molecule has 0 spiro atoms. The molecule has 0 radical (unpaired) electrons. The highest BCUT2D eigenvalue weighted by Gasteiger charge is 2.28. The van der Waals surface area contributed by atoms with Gasteiger partial charge in [-0.2, -0.15) is 0 Å². The van der Waals surface area contributed by atoms with Crippen molar-refractivity contribution < 1.29 is 9.59 Å². The number of hydrogen-bond donors (Lipinski definition) is 2. The van der Waals surface area contributed by atoms with Crippen LogP contribution < -0.4 is 11.1 Å². The number of benzene rings is 1. The largest absolute Gasteiger partial charge is 0.384 e. The maximum Gasteiger partial charge on any atom is 0.289 e. The van der Waals surface area contributed by atoms with Gasteiger partial charge in [0.15, 0.2) is 5.84 Å². The van der Waals surface area contributed by atoms with Gasteiger partial charge in [-0.05, 0) is 41.8 Å². The highest BCUT2D eigenvalue weighted by Crippen LogP contribution is 2.22. The molecule has 31 heavy (non-hydrogen) atoms. The highest BCUT2D eigenvalue weighted by atomic mass is 35.5. The number of carbonyl (C=O) groups is 2. The smallest absolute Gasteiger partial charge is 0.289 e. The molecule has 8 nitrogen and oxygen atoms in total. The second-order valence-corrected chi connectivity index (χ2v) is 7.77. The number of nitrogen functional groups attached to an aromatic ring is 1. The number of amides is 2. The van der Waals surface area contributed by atoms with Gasteiger partial charge < -0.3 is 20.9 Å². The molecule has 0 unspecified atom stereocenters. The summed E-state index contributed by atoms with van der Waals surface area (Å²) in [7, 11) is 0. The molecule has 1 saturated heterocycles. The maximum atomic E-state index is 12.9. The second-order valence-electron chi connectivity index (χ2n) is 7.34. The third kappa shape index (κ3) is 4.86. The minimum absolute atomic E-state index is 0.169. The molecular weight excluding hydrogens is 416 g/mol. The SMILES string of the molecule is Nc1cccc(C(=O)N2CCN(C(=O)C3=NCCC(c4cccc(Cl)c4)=CN3)CC2)n1. The standard InChI is InChI=1S/C22H23ClN6O2/c23-17-4-1-3-15(13-17)16-7-8-25-20(26-14-16)22(31)29-11-9-28(10-12-29)21(30)18-5-2-6-19(24)27-18/h1-6,13-14H,7-12H2,(H2,24,27)(H,25,26). The Morgan fingerprint density at radius 2 is 1.71 bits per heavy atom. The monoisotopic (exact) mass is 438 g/mol. The first-order valence-electron chi connectivity index (χ1n) is 10.1. The molecular formula is C22H23ClN6O2. The number of amidine groups is 1. The van der Waals surface area contributed by atoms with Crippen LogP contribution in [0.25, 0.3) is 5.57 Å². The third-order valence-electron chi connectivity index (χ3n) is 5.28. The van der Waals surface area contributed by atoms with E-state index in [-0.39, 0.29) is 11.8 Å². The molecule has 3 N–H and O–H groups in total. The number of aliphatic imine (C=N–C) groups is 1. The fourth-order valence-corrected chi connectivity index (χ4v) is 3.79. The number of piperazine rings is 1. The lowest BCUT2D eigenvalue weighted by Gasteiger charge is -2.34. The van der Waals surface area contributed by atoms with Crippen LogP contribution in [-0.4, -0.2) is 65.2 Å². The van der Waals surface area contributed by atoms with Crippen molar-refractivity contribution in [3.63, 3.8) is 0 Å². The first-order valence-corrected chi connectivity index (χ1v) is 10.5. The third-order valence-corrected chi connectivity index (χ3v) is 5.51. The molecule has 2 aromatic rings. The van der Waals surface area contributed by atoms with Gasteiger partial charge in [0.2, 0.25) is 0 Å². The molecule has 0 saturated carbocycles. The van der Waals surface area contributed by atoms with E-state index < -0.39 is 0 Å². The number of aromatic nitrogens is 1. The lowest BCUT2D eigenvalue weighted by atomic mass is 10.0. The topological polar surface area (TPSA) is 104 Å². The zero-order valence-corrected chi connectivity index (χ0v) is 17.7. The van der Waals surface area contributed by atoms with Crippen molar-refractivity contribution in [3.05, 3.63) is 64.9 Å². The summed E-state index contributed by atoms with van der Waals surface area (Å²) >= 11 is 6.09. The predicted molar refractivity (Wildman–Crippen MR) is 121 cm³/mol. The van der Waals surface area contributed by atoms with Gasteiger partial charge in [-0.15, -0.1) is 0 Å². The average molecular weight is 439 g/mol. The van der Waals surface area contributed by atoms with Crippen molar-refractivity contribution in [3.8, 4) is 0 Å². The van der Waals surface area contributed by atoms with Gasteiger partial charge in [0, 0.05) is 43.9 Å². The van der Waals surface area contributed by atoms with Gasteiger partial charge in [-0.1, -0.05) is 29.8 Å². The summed E-state index contributed by atoms with van der Waals surface area (Å²) < 4.78 is 0. The fourth-order valence-electron chi connectivity index (χ4n) is 3.60. The van der Waals surface area contributed by atoms with E-state index in [2.05, 4.69) is 15.3 Å². The van der Waals surface area contributed by atoms with E-state index in [1.165, 1.54) is 0 Å². The van der Waals surface area contributed by atoms with Crippen molar-refractivity contribution in [2.75, 3.05) is 38.5 Å². The van der Waals surface area contributed by atoms with Crippen LogP contribution in [0.15, 0.2) is 53.7 Å². The second kappa shape index (κ2) is 9.18. The Morgan fingerprint density at radius 3 is 2.42 bits per heavy atom. The van der Waals surface area contributed by atoms with Crippen molar-refractivity contribution in [1.29, 1.82) is 0 Å². The van der Waals surface area contributed by atoms with Crippen LogP contribution in [0.1, 0.15) is 22.5 Å². The molecule has 9 heteroatoms. The van der Waals surface area contributed by atoms with Gasteiger partial charge in [0.05, 0.1) is 0 Å². The molecule has 4 rings (SSSR count). The Kier molecular flexibility index (Phi) is 6.18. The zero-order valence-electron chi connectivity index (χ0n) is 16.9. The van der Waals surface area contributed by atoms with Crippen LogP contribution in [0.4, 0.5) is 5.82 Å². The van der Waals surface area contributed by atoms with Gasteiger partial charge in [0.25, 0.3) is 11.8 Å². The summed E-state index contributed by atoms with van der Waals surface area (Å²) in [5.74, 6) is 0.271. The van der Waals surface area contributed by atoms with Crippen molar-refractivity contribution in [2.24, 2.45) is 4.99 Å². The molecule has 3 heterocycles. The summed E-state index contributed by atoms with van der Waals surface area (Å²) in [5, 5.41) is 3.73. The van der Waals surface area contributed by atoms with Crippen LogP contribution in [0.3, 0.4) is 0 Å². The Labute approximate surface area is 185 Å². The molecule has 2 aliphatic rings. The minimum Gasteiger partial charge on any atom is -0.384 e. The van der Waals surface area contributed by atoms with Gasteiger partial charge in [-0.25, -0.2) is 4.98 Å². The molecule has 1 aromatic carbocycles. The van der Waals surface area contributed by atoms with Crippen LogP contribution in [-0.2, 0) is 4.79 Å². The minimum atomic E-state index is -0.182. The molecule has 0 atom stereocenters. The normalized spacial score (nSPS) is 16.7. The molecule has 0 aliphatic carbocycles. The van der Waals surface area contributed by atoms with Crippen LogP contribution >= 0.6 is 11.6 Å². The van der Waals surface area contributed by atoms with E-state index in [0.717, 1.165) is 11.1 Å². The van der Waals surface area contributed by atoms with E-state index in [1.807, 2.05) is 30.5 Å². The first kappa shape index (κ1) is 20.9.